The second-order valence-electron chi connectivity index (χ2n) is 10.1. The van der Waals surface area contributed by atoms with Gasteiger partial charge in [0, 0.05) is 21.3 Å². The third-order valence-electron chi connectivity index (χ3n) is 7.62. The number of rotatable bonds is 10. The predicted octanol–water partition coefficient (Wildman–Crippen LogP) is 5.54. The highest BCUT2D eigenvalue weighted by Crippen LogP contribution is 2.26. The first-order chi connectivity index (χ1) is 20.2. The Morgan fingerprint density at radius 3 is 1.22 bits per heavy atom. The molecule has 2 N–H and O–H groups in total. The molecule has 0 aromatic heterocycles. The van der Waals surface area contributed by atoms with Crippen LogP contribution in [0.1, 0.15) is 0 Å². The van der Waals surface area contributed by atoms with Crippen LogP contribution in [0.2, 0.25) is 0 Å². The molecule has 0 aliphatic heterocycles. The van der Waals surface area contributed by atoms with E-state index >= 15 is 0 Å². The summed E-state index contributed by atoms with van der Waals surface area (Å²) in [6.07, 6.45) is 0. The average molecular weight is 589 g/mol. The van der Waals surface area contributed by atoms with Crippen LogP contribution in [0, 0.1) is 0 Å². The Morgan fingerprint density at radius 1 is 0.415 bits per heavy atom. The molecular weight excluding hydrogens is 557 g/mol. The van der Waals surface area contributed by atoms with E-state index in [1.807, 2.05) is 0 Å². The van der Waals surface area contributed by atoms with E-state index in [0.29, 0.717) is 11.5 Å². The van der Waals surface area contributed by atoms with Gasteiger partial charge in [-0.2, -0.15) is 0 Å². The van der Waals surface area contributed by atoms with Crippen molar-refractivity contribution in [3.63, 3.8) is 0 Å². The molecule has 2 nitrogen and oxygen atoms in total. The van der Waals surface area contributed by atoms with Gasteiger partial charge >= 0.3 is 0 Å². The van der Waals surface area contributed by atoms with Crippen LogP contribution < -0.4 is 20.7 Å². The molecule has 6 aromatic rings. The van der Waals surface area contributed by atoms with E-state index in [4.69, 9.17) is 0 Å². The quantitative estimate of drug-likeness (QED) is 0.125. The summed E-state index contributed by atoms with van der Waals surface area (Å²) in [6.45, 7) is 0.358. The topological polar surface area (TPSA) is 40.5 Å². The summed E-state index contributed by atoms with van der Waals surface area (Å²) >= 11 is 3.37. The fraction of sp³-hybridized carbons (Fsp3) is 0.111. The third kappa shape index (κ3) is 5.61. The highest BCUT2D eigenvalue weighted by Gasteiger charge is 2.41. The summed E-state index contributed by atoms with van der Waals surface area (Å²) in [4.78, 5) is 2.36. The Balaban J connectivity index is 1.59. The second kappa shape index (κ2) is 12.7. The van der Waals surface area contributed by atoms with E-state index in [0.717, 1.165) is 0 Å². The molecule has 0 aliphatic carbocycles. The van der Waals surface area contributed by atoms with Crippen LogP contribution in [-0.4, -0.2) is 43.0 Å². The van der Waals surface area contributed by atoms with Gasteiger partial charge in [0.25, 0.3) is 0 Å². The van der Waals surface area contributed by atoms with Crippen LogP contribution in [0.15, 0.2) is 143 Å². The van der Waals surface area contributed by atoms with Gasteiger partial charge in [-0.05, 0) is 66.6 Å². The first-order valence-corrected chi connectivity index (χ1v) is 17.9. The molecule has 0 unspecified atom stereocenters. The minimum atomic E-state index is -2.68. The normalized spacial score (nSPS) is 11.8. The number of aliphatic hydroxyl groups is 2. The van der Waals surface area contributed by atoms with E-state index < -0.39 is 8.07 Å². The van der Waals surface area contributed by atoms with Crippen LogP contribution in [-0.2, 0) is 0 Å². The smallest absolute Gasteiger partial charge is 0.179 e. The second-order valence-corrected chi connectivity index (χ2v) is 16.2. The lowest BCUT2D eigenvalue weighted by molar-refractivity contribution is 0.322. The number of thioether (sulfide) groups is 2. The van der Waals surface area contributed by atoms with Crippen LogP contribution in [0.25, 0.3) is 21.5 Å². The van der Waals surface area contributed by atoms with Crippen LogP contribution >= 0.6 is 23.5 Å². The van der Waals surface area contributed by atoms with Gasteiger partial charge in [0.05, 0.1) is 13.2 Å². The fourth-order valence-corrected chi connectivity index (χ4v) is 12.0. The molecule has 0 fully saturated rings. The SMILES string of the molecule is OCCSc1ccc2cc([Si](c3ccccc3)(c3ccccc3)c3ccc4cc(SCCO)ccc4c3)ccc2c1. The van der Waals surface area contributed by atoms with Crippen molar-refractivity contribution in [3.05, 3.63) is 133 Å². The maximum Gasteiger partial charge on any atom is 0.179 e. The third-order valence-corrected chi connectivity index (χ3v) is 14.3. The molecule has 204 valence electrons. The summed E-state index contributed by atoms with van der Waals surface area (Å²) in [6, 6.07) is 49.4. The van der Waals surface area contributed by atoms with Crippen LogP contribution in [0.3, 0.4) is 0 Å². The molecule has 0 saturated heterocycles. The Hall–Kier alpha value is -3.32. The van der Waals surface area contributed by atoms with Crippen molar-refractivity contribution in [2.75, 3.05) is 24.7 Å². The largest absolute Gasteiger partial charge is 0.396 e. The molecule has 0 aliphatic rings. The molecule has 0 saturated carbocycles. The van der Waals surface area contributed by atoms with Crippen molar-refractivity contribution in [3.8, 4) is 0 Å². The van der Waals surface area contributed by atoms with E-state index in [9.17, 15) is 10.2 Å². The summed E-state index contributed by atoms with van der Waals surface area (Å²) in [5, 5.41) is 28.9. The summed E-state index contributed by atoms with van der Waals surface area (Å²) < 4.78 is 0. The lowest BCUT2D eigenvalue weighted by Crippen LogP contribution is -2.74. The molecule has 0 amide bonds. The maximum absolute atomic E-state index is 9.28. The Kier molecular flexibility index (Phi) is 8.61. The van der Waals surface area contributed by atoms with E-state index in [2.05, 4.69) is 133 Å². The number of aliphatic hydroxyl groups excluding tert-OH is 2. The van der Waals surface area contributed by atoms with Gasteiger partial charge in [-0.3, -0.25) is 0 Å². The first kappa shape index (κ1) is 27.8. The lowest BCUT2D eigenvalue weighted by atomic mass is 10.1. The van der Waals surface area contributed by atoms with Gasteiger partial charge in [0.2, 0.25) is 0 Å². The molecule has 6 aromatic carbocycles. The molecule has 5 heteroatoms. The van der Waals surface area contributed by atoms with Gasteiger partial charge < -0.3 is 10.2 Å². The van der Waals surface area contributed by atoms with Crippen molar-refractivity contribution in [2.45, 2.75) is 9.79 Å². The average Bonchev–Trinajstić information content (AvgIpc) is 3.04. The summed E-state index contributed by atoms with van der Waals surface area (Å²) in [7, 11) is -2.68. The lowest BCUT2D eigenvalue weighted by Gasteiger charge is -2.35. The summed E-state index contributed by atoms with van der Waals surface area (Å²) in [5.74, 6) is 1.40. The summed E-state index contributed by atoms with van der Waals surface area (Å²) in [5.41, 5.74) is 0. The van der Waals surface area contributed by atoms with Gasteiger partial charge in [-0.15, -0.1) is 23.5 Å². The van der Waals surface area contributed by atoms with Crippen molar-refractivity contribution in [1.82, 2.24) is 0 Å². The molecule has 41 heavy (non-hydrogen) atoms. The number of hydrogen-bond donors (Lipinski definition) is 2. The maximum atomic E-state index is 9.28. The van der Waals surface area contributed by atoms with Crippen LogP contribution in [0.5, 0.6) is 0 Å². The Bertz CT molecular complexity index is 1640. The van der Waals surface area contributed by atoms with Crippen molar-refractivity contribution < 1.29 is 10.2 Å². The van der Waals surface area contributed by atoms with Crippen molar-refractivity contribution in [1.29, 1.82) is 0 Å². The minimum absolute atomic E-state index is 0.179. The standard InChI is InChI=1S/C36H32O2S2Si/c37-19-21-39-31-15-11-29-25-35(17-13-27(29)23-31)41(33-7-3-1-4-8-33,34-9-5-2-6-10-34)36-18-14-28-24-32(40-22-20-38)16-12-30(28)26-36/h1-18,23-26,37-38H,19-22H2. The molecule has 0 spiro atoms. The molecule has 0 atom stereocenters. The highest BCUT2D eigenvalue weighted by atomic mass is 32.2. The fourth-order valence-electron chi connectivity index (χ4n) is 5.80. The van der Waals surface area contributed by atoms with Gasteiger partial charge in [0.15, 0.2) is 8.07 Å². The van der Waals surface area contributed by atoms with E-state index in [1.165, 1.54) is 52.1 Å². The number of hydrogen-bond acceptors (Lipinski definition) is 4. The zero-order chi connectivity index (χ0) is 28.1. The Morgan fingerprint density at radius 2 is 0.805 bits per heavy atom. The minimum Gasteiger partial charge on any atom is -0.396 e. The number of benzene rings is 6. The first-order valence-electron chi connectivity index (χ1n) is 13.9. The molecule has 0 radical (unpaired) electrons. The highest BCUT2D eigenvalue weighted by molar-refractivity contribution is 7.99. The number of fused-ring (bicyclic) bond motifs is 2. The monoisotopic (exact) mass is 588 g/mol. The zero-order valence-electron chi connectivity index (χ0n) is 22.7. The van der Waals surface area contributed by atoms with Crippen molar-refractivity contribution in [2.24, 2.45) is 0 Å². The zero-order valence-corrected chi connectivity index (χ0v) is 25.4. The Labute approximate surface area is 251 Å². The van der Waals surface area contributed by atoms with Crippen LogP contribution in [0.4, 0.5) is 0 Å². The van der Waals surface area contributed by atoms with E-state index in [-0.39, 0.29) is 13.2 Å². The predicted molar refractivity (Wildman–Crippen MR) is 181 cm³/mol. The van der Waals surface area contributed by atoms with Crippen molar-refractivity contribution >= 4 is 73.9 Å². The van der Waals surface area contributed by atoms with E-state index in [1.54, 1.807) is 23.5 Å². The molecule has 6 rings (SSSR count). The van der Waals surface area contributed by atoms with Gasteiger partial charge in [-0.1, -0.05) is 109 Å². The molecule has 0 bridgehead atoms. The molecule has 0 heterocycles. The molecular formula is C36H32O2S2Si. The van der Waals surface area contributed by atoms with Gasteiger partial charge in [0.1, 0.15) is 0 Å². The van der Waals surface area contributed by atoms with Gasteiger partial charge in [-0.25, -0.2) is 0 Å².